The summed E-state index contributed by atoms with van der Waals surface area (Å²) in [5.74, 6) is 4.97. The largest absolute Gasteiger partial charge is 1.00 e. The molecule has 4 heteroatoms. The molecule has 4 fully saturated rings. The van der Waals surface area contributed by atoms with E-state index in [0.717, 1.165) is 46.2 Å². The highest BCUT2D eigenvalue weighted by Gasteiger charge is 2.62. The highest BCUT2D eigenvalue weighted by molar-refractivity contribution is 5.10. The maximum Gasteiger partial charge on any atom is 0.0889 e. The predicted octanol–water partition coefficient (Wildman–Crippen LogP) is -0.177. The minimum atomic E-state index is 0. The lowest BCUT2D eigenvalue weighted by molar-refractivity contribution is -0.899. The lowest BCUT2D eigenvalue weighted by atomic mass is 9.44. The van der Waals surface area contributed by atoms with E-state index in [9.17, 15) is 0 Å². The van der Waals surface area contributed by atoms with Gasteiger partial charge in [-0.3, -0.25) is 0 Å². The van der Waals surface area contributed by atoms with Gasteiger partial charge in [-0.15, -0.1) is 0 Å². The van der Waals surface area contributed by atoms with E-state index in [2.05, 4.69) is 63.1 Å². The Morgan fingerprint density at radius 3 is 1.87 bits per heavy atom. The number of halogens is 2. The van der Waals surface area contributed by atoms with Gasteiger partial charge in [0.15, 0.2) is 0 Å². The molecule has 4 saturated carbocycles. The molecule has 0 spiro atoms. The number of rotatable bonds is 3. The van der Waals surface area contributed by atoms with Crippen molar-refractivity contribution in [3.8, 4) is 0 Å². The lowest BCUT2D eigenvalue weighted by Crippen LogP contribution is -3.00. The smallest absolute Gasteiger partial charge is 0.0889 e. The molecule has 0 saturated heterocycles. The van der Waals surface area contributed by atoms with Crippen molar-refractivity contribution >= 4 is 0 Å². The Balaban J connectivity index is 0.00000171. The highest BCUT2D eigenvalue weighted by atomic mass is 127. The molecule has 0 aromatic carbocycles. The maximum atomic E-state index is 2.74. The van der Waals surface area contributed by atoms with Crippen molar-refractivity contribution in [2.24, 2.45) is 40.4 Å². The van der Waals surface area contributed by atoms with Crippen LogP contribution >= 0.6 is 0 Å². The van der Waals surface area contributed by atoms with Gasteiger partial charge in [-0.25, -0.2) is 0 Å². The molecule has 0 amide bonds. The van der Waals surface area contributed by atoms with Crippen molar-refractivity contribution in [3.05, 3.63) is 0 Å². The Labute approximate surface area is 228 Å². The molecule has 31 heavy (non-hydrogen) atoms. The summed E-state index contributed by atoms with van der Waals surface area (Å²) in [6.07, 6.45) is 13.6. The van der Waals surface area contributed by atoms with E-state index in [4.69, 9.17) is 0 Å². The number of fused-ring (bicyclic) bond motifs is 5. The van der Waals surface area contributed by atoms with Crippen molar-refractivity contribution < 1.29 is 56.9 Å². The van der Waals surface area contributed by atoms with Crippen LogP contribution in [0.1, 0.15) is 78.6 Å². The third kappa shape index (κ3) is 4.77. The second-order valence-corrected chi connectivity index (χ2v) is 14.3. The van der Waals surface area contributed by atoms with Crippen molar-refractivity contribution in [3.63, 3.8) is 0 Å². The summed E-state index contributed by atoms with van der Waals surface area (Å²) in [4.78, 5) is 0. The van der Waals surface area contributed by atoms with Crippen molar-refractivity contribution in [2.75, 3.05) is 42.3 Å². The first-order chi connectivity index (χ1) is 13.3. The lowest BCUT2D eigenvalue weighted by Gasteiger charge is -2.62. The van der Waals surface area contributed by atoms with Crippen molar-refractivity contribution in [1.82, 2.24) is 0 Å². The van der Waals surface area contributed by atoms with Crippen LogP contribution in [0.4, 0.5) is 0 Å². The number of quaternary nitrogens is 2. The van der Waals surface area contributed by atoms with Gasteiger partial charge in [-0.1, -0.05) is 13.8 Å². The van der Waals surface area contributed by atoms with E-state index in [0.29, 0.717) is 10.8 Å². The summed E-state index contributed by atoms with van der Waals surface area (Å²) in [6, 6.07) is 1.67. The van der Waals surface area contributed by atoms with Gasteiger partial charge in [0, 0.05) is 12.3 Å². The quantitative estimate of drug-likeness (QED) is 0.292. The average Bonchev–Trinajstić information content (AvgIpc) is 2.95. The zero-order valence-corrected chi connectivity index (χ0v) is 26.4. The standard InChI is InChI=1S/C27H52N2.2HI/c1-19(28(4,5)6)23-12-13-24-22-11-10-20-18-21(29(7,8)9)14-16-26(20,2)25(22)15-17-27(23,24)3;;/h19-25H,10-18H2,1-9H3;2*1H/q+2;;/p-2/t19?,20?,21?,22?,23?,24?,25?,26-,27+;;/m0../s1. The van der Waals surface area contributed by atoms with Gasteiger partial charge in [-0.2, -0.15) is 0 Å². The molecule has 0 heterocycles. The molecule has 0 aromatic rings. The SMILES string of the molecule is CC(C1CCC2C3CCC4CC([N+](C)(C)C)CC[C@]4(C)C3CC[C@@]21C)[N+](C)(C)C.[I-].[I-]. The summed E-state index contributed by atoms with van der Waals surface area (Å²) in [6.45, 7) is 8.01. The van der Waals surface area contributed by atoms with Gasteiger partial charge >= 0.3 is 0 Å². The van der Waals surface area contributed by atoms with Crippen molar-refractivity contribution in [2.45, 2.75) is 90.6 Å². The summed E-state index contributed by atoms with van der Waals surface area (Å²) in [5, 5.41) is 0. The first-order valence-corrected chi connectivity index (χ1v) is 12.9. The second kappa shape index (κ2) is 9.44. The van der Waals surface area contributed by atoms with E-state index >= 15 is 0 Å². The Morgan fingerprint density at radius 1 is 0.710 bits per heavy atom. The molecule has 9 atom stereocenters. The minimum absolute atomic E-state index is 0. The molecule has 0 N–H and O–H groups in total. The van der Waals surface area contributed by atoms with E-state index < -0.39 is 0 Å². The Bertz CT molecular complexity index is 624. The number of hydrogen-bond acceptors (Lipinski definition) is 0. The number of hydrogen-bond donors (Lipinski definition) is 0. The average molecular weight is 659 g/mol. The first kappa shape index (κ1) is 28.6. The molecule has 2 nitrogen and oxygen atoms in total. The molecule has 7 unspecified atom stereocenters. The molecule has 0 aliphatic heterocycles. The van der Waals surface area contributed by atoms with E-state index in [1.807, 2.05) is 0 Å². The minimum Gasteiger partial charge on any atom is -1.00 e. The van der Waals surface area contributed by atoms with Crippen molar-refractivity contribution in [1.29, 1.82) is 0 Å². The molecule has 0 aromatic heterocycles. The van der Waals surface area contributed by atoms with E-state index in [-0.39, 0.29) is 48.0 Å². The zero-order valence-electron chi connectivity index (χ0n) is 22.1. The fourth-order valence-electron chi connectivity index (χ4n) is 9.31. The topological polar surface area (TPSA) is 0 Å². The fraction of sp³-hybridized carbons (Fsp3) is 1.00. The van der Waals surface area contributed by atoms with Crippen LogP contribution in [0.25, 0.3) is 0 Å². The van der Waals surface area contributed by atoms with Crippen LogP contribution < -0.4 is 48.0 Å². The summed E-state index contributed by atoms with van der Waals surface area (Å²) < 4.78 is 2.30. The number of nitrogens with zero attached hydrogens (tertiary/aromatic N) is 2. The molecule has 4 aliphatic carbocycles. The normalized spacial score (nSPS) is 46.0. The van der Waals surface area contributed by atoms with Gasteiger partial charge in [-0.05, 0) is 92.8 Å². The molecular formula is C27H52I2N2. The van der Waals surface area contributed by atoms with Gasteiger partial charge < -0.3 is 56.9 Å². The summed E-state index contributed by atoms with van der Waals surface area (Å²) in [7, 11) is 14.6. The molecule has 184 valence electrons. The second-order valence-electron chi connectivity index (χ2n) is 14.3. The van der Waals surface area contributed by atoms with Crippen LogP contribution in [0.3, 0.4) is 0 Å². The van der Waals surface area contributed by atoms with Crippen LogP contribution in [-0.4, -0.2) is 63.3 Å². The Kier molecular flexibility index (Phi) is 8.72. The first-order valence-electron chi connectivity index (χ1n) is 12.9. The summed E-state index contributed by atoms with van der Waals surface area (Å²) >= 11 is 0. The summed E-state index contributed by atoms with van der Waals surface area (Å²) in [5.41, 5.74) is 1.24. The van der Waals surface area contributed by atoms with Crippen LogP contribution in [0.15, 0.2) is 0 Å². The fourth-order valence-corrected chi connectivity index (χ4v) is 9.31. The molecular weight excluding hydrogens is 606 g/mol. The molecule has 0 radical (unpaired) electrons. The van der Waals surface area contributed by atoms with Gasteiger partial charge in [0.1, 0.15) is 0 Å². The van der Waals surface area contributed by atoms with Gasteiger partial charge in [0.05, 0.1) is 54.4 Å². The maximum absolute atomic E-state index is 2.74. The zero-order chi connectivity index (χ0) is 21.4. The van der Waals surface area contributed by atoms with Crippen LogP contribution in [0.5, 0.6) is 0 Å². The Morgan fingerprint density at radius 2 is 1.29 bits per heavy atom. The Hall–Kier alpha value is 1.38. The van der Waals surface area contributed by atoms with Gasteiger partial charge in [0.2, 0.25) is 0 Å². The highest BCUT2D eigenvalue weighted by Crippen LogP contribution is 2.68. The van der Waals surface area contributed by atoms with E-state index in [1.165, 1.54) is 55.8 Å². The van der Waals surface area contributed by atoms with Crippen LogP contribution in [0, 0.1) is 40.4 Å². The third-order valence-electron chi connectivity index (χ3n) is 11.6. The third-order valence-corrected chi connectivity index (χ3v) is 11.6. The van der Waals surface area contributed by atoms with Crippen LogP contribution in [0.2, 0.25) is 0 Å². The monoisotopic (exact) mass is 658 g/mol. The van der Waals surface area contributed by atoms with E-state index in [1.54, 1.807) is 6.42 Å². The molecule has 4 rings (SSSR count). The molecule has 4 aliphatic rings. The van der Waals surface area contributed by atoms with Gasteiger partial charge in [0.25, 0.3) is 0 Å². The molecule has 0 bridgehead atoms. The predicted molar refractivity (Wildman–Crippen MR) is 125 cm³/mol. The van der Waals surface area contributed by atoms with Crippen LogP contribution in [-0.2, 0) is 0 Å².